The molecular weight excluding hydrogens is 336 g/mol. The smallest absolute Gasteiger partial charge is 0.243 e. The third-order valence-corrected chi connectivity index (χ3v) is 6.54. The monoisotopic (exact) mass is 358 g/mol. The molecule has 2 aromatic carbocycles. The number of aryl methyl sites for hydroxylation is 2. The molecule has 132 valence electrons. The van der Waals surface area contributed by atoms with Crippen LogP contribution in [0.2, 0.25) is 0 Å². The van der Waals surface area contributed by atoms with Crippen LogP contribution >= 0.6 is 0 Å². The Morgan fingerprint density at radius 3 is 2.52 bits per heavy atom. The van der Waals surface area contributed by atoms with E-state index >= 15 is 0 Å². The number of carbonyl (C=O) groups is 1. The Morgan fingerprint density at radius 2 is 1.84 bits per heavy atom. The summed E-state index contributed by atoms with van der Waals surface area (Å²) in [5, 5.41) is 2.76. The summed E-state index contributed by atoms with van der Waals surface area (Å²) in [5.41, 5.74) is 4.61. The van der Waals surface area contributed by atoms with E-state index in [9.17, 15) is 13.2 Å². The predicted molar refractivity (Wildman–Crippen MR) is 98.1 cm³/mol. The maximum atomic E-state index is 12.9. The molecule has 1 N–H and O–H groups in total. The van der Waals surface area contributed by atoms with Gasteiger partial charge in [0.05, 0.1) is 10.8 Å². The molecule has 0 unspecified atom stereocenters. The van der Waals surface area contributed by atoms with Gasteiger partial charge in [0.2, 0.25) is 15.9 Å². The second-order valence-electron chi connectivity index (χ2n) is 6.65. The zero-order valence-electron chi connectivity index (χ0n) is 14.8. The van der Waals surface area contributed by atoms with Crippen molar-refractivity contribution in [2.45, 2.75) is 38.1 Å². The first-order chi connectivity index (χ1) is 11.7. The van der Waals surface area contributed by atoms with Gasteiger partial charge in [-0.3, -0.25) is 4.79 Å². The lowest BCUT2D eigenvalue weighted by atomic mass is 10.0. The highest BCUT2D eigenvalue weighted by Gasteiger charge is 2.29. The molecule has 6 heteroatoms. The van der Waals surface area contributed by atoms with Crippen LogP contribution in [0.5, 0.6) is 0 Å². The number of nitrogens with zero attached hydrogens (tertiary/aromatic N) is 1. The first kappa shape index (κ1) is 17.6. The minimum atomic E-state index is -3.63. The lowest BCUT2D eigenvalue weighted by Gasteiger charge is -2.19. The summed E-state index contributed by atoms with van der Waals surface area (Å²) in [6.45, 7) is 6.07. The van der Waals surface area contributed by atoms with Crippen molar-refractivity contribution in [3.05, 3.63) is 58.7 Å². The van der Waals surface area contributed by atoms with E-state index in [0.717, 1.165) is 22.3 Å². The molecule has 5 nitrogen and oxygen atoms in total. The Labute approximate surface area is 148 Å². The molecule has 0 aliphatic carbocycles. The molecule has 3 rings (SSSR count). The summed E-state index contributed by atoms with van der Waals surface area (Å²) in [5.74, 6) is -0.442. The molecule has 1 aliphatic rings. The number of hydrogen-bond donors (Lipinski definition) is 1. The number of carbonyl (C=O) groups excluding carboxylic acids is 1. The summed E-state index contributed by atoms with van der Waals surface area (Å²) in [6, 6.07) is 10.8. The molecule has 1 aliphatic heterocycles. The van der Waals surface area contributed by atoms with Crippen LogP contribution in [0.15, 0.2) is 41.3 Å². The first-order valence-corrected chi connectivity index (χ1v) is 9.61. The molecule has 0 spiro atoms. The van der Waals surface area contributed by atoms with Crippen LogP contribution < -0.4 is 5.32 Å². The average Bonchev–Trinajstić information content (AvgIpc) is 2.84. The van der Waals surface area contributed by atoms with E-state index in [4.69, 9.17) is 0 Å². The molecule has 0 bridgehead atoms. The number of sulfonamides is 1. The lowest BCUT2D eigenvalue weighted by molar-refractivity contribution is -0.116. The minimum Gasteiger partial charge on any atom is -0.325 e. The zero-order chi connectivity index (χ0) is 18.4. The van der Waals surface area contributed by atoms with Crippen LogP contribution in [0.25, 0.3) is 0 Å². The Bertz CT molecular complexity index is 951. The third-order valence-electron chi connectivity index (χ3n) is 4.74. The van der Waals surface area contributed by atoms with Crippen LogP contribution in [-0.4, -0.2) is 25.7 Å². The van der Waals surface area contributed by atoms with E-state index < -0.39 is 10.0 Å². The number of benzene rings is 2. The molecule has 1 atom stereocenters. The molecule has 0 aromatic heterocycles. The number of anilines is 1. The number of fused-ring (bicyclic) bond motifs is 1. The van der Waals surface area contributed by atoms with Crippen molar-refractivity contribution in [2.75, 3.05) is 12.4 Å². The number of rotatable bonds is 4. The van der Waals surface area contributed by atoms with E-state index in [0.29, 0.717) is 12.2 Å². The van der Waals surface area contributed by atoms with Crippen molar-refractivity contribution in [1.29, 1.82) is 0 Å². The molecule has 0 fully saturated rings. The molecule has 0 radical (unpaired) electrons. The Kier molecular flexibility index (Phi) is 4.43. The average molecular weight is 358 g/mol. The Hall–Kier alpha value is -2.18. The predicted octanol–water partition coefficient (Wildman–Crippen LogP) is 3.18. The van der Waals surface area contributed by atoms with Gasteiger partial charge in [0.25, 0.3) is 0 Å². The highest BCUT2D eigenvalue weighted by molar-refractivity contribution is 7.89. The topological polar surface area (TPSA) is 66.5 Å². The first-order valence-electron chi connectivity index (χ1n) is 8.17. The normalized spacial score (nSPS) is 16.8. The van der Waals surface area contributed by atoms with Gasteiger partial charge in [-0.2, -0.15) is 4.31 Å². The van der Waals surface area contributed by atoms with Crippen LogP contribution in [0.3, 0.4) is 0 Å². The van der Waals surface area contributed by atoms with Gasteiger partial charge in [-0.15, -0.1) is 0 Å². The van der Waals surface area contributed by atoms with Crippen LogP contribution in [0.1, 0.15) is 35.1 Å². The standard InChI is InChI=1S/C19H22N2O3S/c1-12-5-6-15(13(2)9-12)11-21(4)25(23,24)16-7-8-18-17(10-16)14(3)19(22)20-18/h5-10,14H,11H2,1-4H3,(H,20,22)/t14-/m0/s1. The second-order valence-corrected chi connectivity index (χ2v) is 8.70. The fraction of sp³-hybridized carbons (Fsp3) is 0.316. The van der Waals surface area contributed by atoms with Gasteiger partial charge in [0, 0.05) is 19.3 Å². The summed E-state index contributed by atoms with van der Waals surface area (Å²) in [7, 11) is -2.05. The molecule has 1 heterocycles. The number of nitrogens with one attached hydrogen (secondary N) is 1. The van der Waals surface area contributed by atoms with E-state index in [2.05, 4.69) is 5.32 Å². The maximum absolute atomic E-state index is 12.9. The molecule has 0 saturated carbocycles. The summed E-state index contributed by atoms with van der Waals surface area (Å²) in [6.07, 6.45) is 0. The molecular formula is C19H22N2O3S. The van der Waals surface area contributed by atoms with Gasteiger partial charge in [0.15, 0.2) is 0 Å². The van der Waals surface area contributed by atoms with Gasteiger partial charge in [-0.05, 0) is 55.7 Å². The zero-order valence-corrected chi connectivity index (χ0v) is 15.6. The maximum Gasteiger partial charge on any atom is 0.243 e. The Morgan fingerprint density at radius 1 is 1.12 bits per heavy atom. The van der Waals surface area contributed by atoms with Crippen molar-refractivity contribution < 1.29 is 13.2 Å². The van der Waals surface area contributed by atoms with Crippen molar-refractivity contribution in [3.8, 4) is 0 Å². The van der Waals surface area contributed by atoms with Gasteiger partial charge in [-0.1, -0.05) is 23.8 Å². The molecule has 25 heavy (non-hydrogen) atoms. The largest absolute Gasteiger partial charge is 0.325 e. The minimum absolute atomic E-state index is 0.104. The summed E-state index contributed by atoms with van der Waals surface area (Å²) < 4.78 is 27.2. The van der Waals surface area contributed by atoms with Crippen molar-refractivity contribution in [1.82, 2.24) is 4.31 Å². The Balaban J connectivity index is 1.90. The van der Waals surface area contributed by atoms with Crippen molar-refractivity contribution >= 4 is 21.6 Å². The fourth-order valence-corrected chi connectivity index (χ4v) is 4.27. The lowest BCUT2D eigenvalue weighted by Crippen LogP contribution is -2.27. The highest BCUT2D eigenvalue weighted by Crippen LogP contribution is 2.34. The third kappa shape index (κ3) is 3.19. The highest BCUT2D eigenvalue weighted by atomic mass is 32.2. The fourth-order valence-electron chi connectivity index (χ4n) is 3.08. The van der Waals surface area contributed by atoms with E-state index in [1.165, 1.54) is 4.31 Å². The summed E-state index contributed by atoms with van der Waals surface area (Å²) in [4.78, 5) is 12.0. The molecule has 1 amide bonds. The van der Waals surface area contributed by atoms with Crippen molar-refractivity contribution in [2.24, 2.45) is 0 Å². The van der Waals surface area contributed by atoms with Crippen molar-refractivity contribution in [3.63, 3.8) is 0 Å². The van der Waals surface area contributed by atoms with Crippen LogP contribution in [0.4, 0.5) is 5.69 Å². The second kappa shape index (κ2) is 6.28. The summed E-state index contributed by atoms with van der Waals surface area (Å²) >= 11 is 0. The van der Waals surface area contributed by atoms with E-state index in [1.807, 2.05) is 32.0 Å². The molecule has 2 aromatic rings. The van der Waals surface area contributed by atoms with Gasteiger partial charge >= 0.3 is 0 Å². The van der Waals surface area contributed by atoms with Crippen LogP contribution in [0, 0.1) is 13.8 Å². The number of hydrogen-bond acceptors (Lipinski definition) is 3. The SMILES string of the molecule is Cc1ccc(CN(C)S(=O)(=O)c2ccc3c(c2)[C@H](C)C(=O)N3)c(C)c1. The quantitative estimate of drug-likeness (QED) is 0.913. The number of amides is 1. The van der Waals surface area contributed by atoms with E-state index in [1.54, 1.807) is 32.2 Å². The molecule has 0 saturated heterocycles. The van der Waals surface area contributed by atoms with Gasteiger partial charge in [-0.25, -0.2) is 8.42 Å². The van der Waals surface area contributed by atoms with E-state index in [-0.39, 0.29) is 16.7 Å². The van der Waals surface area contributed by atoms with Crippen LogP contribution in [-0.2, 0) is 21.4 Å². The van der Waals surface area contributed by atoms with Gasteiger partial charge < -0.3 is 5.32 Å². The van der Waals surface area contributed by atoms with Gasteiger partial charge in [0.1, 0.15) is 0 Å².